The van der Waals surface area contributed by atoms with Gasteiger partial charge in [-0.3, -0.25) is 0 Å². The molecule has 1 aromatic carbocycles. The Balaban J connectivity index is 2.81. The zero-order valence-corrected chi connectivity index (χ0v) is 7.14. The Morgan fingerprint density at radius 1 is 1.58 bits per heavy atom. The van der Waals surface area contributed by atoms with Crippen LogP contribution in [0.25, 0.3) is 0 Å². The van der Waals surface area contributed by atoms with E-state index in [9.17, 15) is 0 Å². The predicted octanol–water partition coefficient (Wildman–Crippen LogP) is 1.93. The Labute approximate surface area is 76.3 Å². The Morgan fingerprint density at radius 3 is 2.92 bits per heavy atom. The van der Waals surface area contributed by atoms with Crippen LogP contribution in [0.4, 0.5) is 5.69 Å². The van der Waals surface area contributed by atoms with Gasteiger partial charge in [-0.05, 0) is 18.2 Å². The normalized spacial score (nSPS) is 9.00. The summed E-state index contributed by atoms with van der Waals surface area (Å²) in [5.74, 6) is 2.91. The molecule has 0 aliphatic rings. The van der Waals surface area contributed by atoms with E-state index in [4.69, 9.17) is 28.5 Å². The fraction of sp³-hybridized carbons (Fsp3) is 0.111. The number of nitrogen functional groups attached to an aromatic ring is 1. The molecule has 0 aromatic heterocycles. The fourth-order valence-corrected chi connectivity index (χ4v) is 0.951. The molecule has 3 heteroatoms. The molecule has 0 amide bonds. The molecule has 1 rings (SSSR count). The lowest BCUT2D eigenvalue weighted by atomic mass is 10.3. The Hall–Kier alpha value is -1.33. The van der Waals surface area contributed by atoms with Gasteiger partial charge in [0.1, 0.15) is 12.4 Å². The second kappa shape index (κ2) is 3.89. The fourth-order valence-electron chi connectivity index (χ4n) is 0.770. The zero-order valence-electron chi connectivity index (χ0n) is 6.38. The van der Waals surface area contributed by atoms with Gasteiger partial charge in [0, 0.05) is 5.02 Å². The van der Waals surface area contributed by atoms with Gasteiger partial charge < -0.3 is 10.5 Å². The van der Waals surface area contributed by atoms with Crippen LogP contribution in [-0.4, -0.2) is 6.61 Å². The van der Waals surface area contributed by atoms with Gasteiger partial charge in [0.05, 0.1) is 5.69 Å². The molecule has 0 fully saturated rings. The van der Waals surface area contributed by atoms with Crippen LogP contribution in [0.2, 0.25) is 5.02 Å². The molecule has 0 unspecified atom stereocenters. The molecule has 2 N–H and O–H groups in total. The van der Waals surface area contributed by atoms with Crippen LogP contribution in [-0.2, 0) is 0 Å². The topological polar surface area (TPSA) is 35.2 Å². The van der Waals surface area contributed by atoms with Crippen LogP contribution >= 0.6 is 11.6 Å². The Bertz CT molecular complexity index is 317. The largest absolute Gasteiger partial charge is 0.479 e. The van der Waals surface area contributed by atoms with Crippen LogP contribution in [0.3, 0.4) is 0 Å². The number of terminal acetylenes is 1. The highest BCUT2D eigenvalue weighted by atomic mass is 35.5. The molecule has 0 radical (unpaired) electrons. The van der Waals surface area contributed by atoms with Crippen molar-refractivity contribution in [2.75, 3.05) is 12.3 Å². The zero-order chi connectivity index (χ0) is 8.97. The lowest BCUT2D eigenvalue weighted by molar-refractivity contribution is 0.372. The number of anilines is 1. The molecule has 0 heterocycles. The number of hydrogen-bond acceptors (Lipinski definition) is 2. The standard InChI is InChI=1S/C9H8ClNO/c1-2-5-12-9-4-3-7(10)6-8(9)11/h1,3-4,6H,5,11H2. The van der Waals surface area contributed by atoms with Crippen molar-refractivity contribution in [1.82, 2.24) is 0 Å². The molecule has 2 nitrogen and oxygen atoms in total. The number of ether oxygens (including phenoxy) is 1. The van der Waals surface area contributed by atoms with E-state index in [2.05, 4.69) is 5.92 Å². The molecule has 0 atom stereocenters. The highest BCUT2D eigenvalue weighted by molar-refractivity contribution is 6.30. The van der Waals surface area contributed by atoms with Crippen LogP contribution < -0.4 is 10.5 Å². The first kappa shape index (κ1) is 8.76. The first-order valence-corrected chi connectivity index (χ1v) is 3.73. The molecule has 0 saturated carbocycles. The van der Waals surface area contributed by atoms with Gasteiger partial charge in [0.2, 0.25) is 0 Å². The van der Waals surface area contributed by atoms with Gasteiger partial charge in [-0.15, -0.1) is 6.42 Å². The summed E-state index contributed by atoms with van der Waals surface area (Å²) >= 11 is 5.68. The Morgan fingerprint density at radius 2 is 2.33 bits per heavy atom. The second-order valence-corrected chi connectivity index (χ2v) is 2.61. The molecule has 12 heavy (non-hydrogen) atoms. The minimum Gasteiger partial charge on any atom is -0.479 e. The summed E-state index contributed by atoms with van der Waals surface area (Å²) in [5, 5.41) is 0.584. The molecular formula is C9H8ClNO. The summed E-state index contributed by atoms with van der Waals surface area (Å²) in [5.41, 5.74) is 6.08. The van der Waals surface area contributed by atoms with Crippen molar-refractivity contribution in [3.63, 3.8) is 0 Å². The van der Waals surface area contributed by atoms with Crippen molar-refractivity contribution in [3.05, 3.63) is 23.2 Å². The van der Waals surface area contributed by atoms with Crippen LogP contribution in [0.1, 0.15) is 0 Å². The van der Waals surface area contributed by atoms with Gasteiger partial charge in [0.25, 0.3) is 0 Å². The monoisotopic (exact) mass is 181 g/mol. The quantitative estimate of drug-likeness (QED) is 0.559. The first-order valence-electron chi connectivity index (χ1n) is 3.35. The van der Waals surface area contributed by atoms with Gasteiger partial charge in [0.15, 0.2) is 0 Å². The molecule has 0 aliphatic carbocycles. The maximum atomic E-state index is 5.68. The molecule has 1 aromatic rings. The SMILES string of the molecule is C#CCOc1ccc(Cl)cc1N. The Kier molecular flexibility index (Phi) is 2.84. The minimum atomic E-state index is 0.214. The minimum absolute atomic E-state index is 0.214. The van der Waals surface area contributed by atoms with Crippen LogP contribution in [0.15, 0.2) is 18.2 Å². The third-order valence-corrected chi connectivity index (χ3v) is 1.52. The lowest BCUT2D eigenvalue weighted by Gasteiger charge is -2.05. The molecule has 0 aliphatic heterocycles. The predicted molar refractivity (Wildman–Crippen MR) is 50.2 cm³/mol. The van der Waals surface area contributed by atoms with E-state index in [1.54, 1.807) is 18.2 Å². The summed E-state index contributed by atoms with van der Waals surface area (Å²) in [4.78, 5) is 0. The molecule has 62 valence electrons. The molecule has 0 spiro atoms. The van der Waals surface area contributed by atoms with Crippen molar-refractivity contribution < 1.29 is 4.74 Å². The van der Waals surface area contributed by atoms with Gasteiger partial charge in [-0.2, -0.15) is 0 Å². The van der Waals surface area contributed by atoms with Crippen molar-refractivity contribution in [3.8, 4) is 18.1 Å². The van der Waals surface area contributed by atoms with E-state index in [0.717, 1.165) is 0 Å². The van der Waals surface area contributed by atoms with Crippen molar-refractivity contribution in [1.29, 1.82) is 0 Å². The smallest absolute Gasteiger partial charge is 0.148 e. The second-order valence-electron chi connectivity index (χ2n) is 2.17. The summed E-state index contributed by atoms with van der Waals surface area (Å²) < 4.78 is 5.12. The number of benzene rings is 1. The van der Waals surface area contributed by atoms with E-state index >= 15 is 0 Å². The molecule has 0 bridgehead atoms. The van der Waals surface area contributed by atoms with E-state index in [-0.39, 0.29) is 6.61 Å². The van der Waals surface area contributed by atoms with Gasteiger partial charge in [-0.25, -0.2) is 0 Å². The number of nitrogens with two attached hydrogens (primary N) is 1. The number of halogens is 1. The van der Waals surface area contributed by atoms with Crippen molar-refractivity contribution in [2.24, 2.45) is 0 Å². The third kappa shape index (κ3) is 2.08. The van der Waals surface area contributed by atoms with Crippen LogP contribution in [0, 0.1) is 12.3 Å². The average molecular weight is 182 g/mol. The first-order chi connectivity index (χ1) is 5.74. The van der Waals surface area contributed by atoms with E-state index in [1.165, 1.54) is 0 Å². The highest BCUT2D eigenvalue weighted by Crippen LogP contribution is 2.24. The van der Waals surface area contributed by atoms with Gasteiger partial charge in [-0.1, -0.05) is 17.5 Å². The summed E-state index contributed by atoms with van der Waals surface area (Å²) in [6, 6.07) is 5.01. The van der Waals surface area contributed by atoms with E-state index < -0.39 is 0 Å². The van der Waals surface area contributed by atoms with Crippen LogP contribution in [0.5, 0.6) is 5.75 Å². The molecular weight excluding hydrogens is 174 g/mol. The third-order valence-electron chi connectivity index (χ3n) is 1.28. The maximum Gasteiger partial charge on any atom is 0.148 e. The lowest BCUT2D eigenvalue weighted by Crippen LogP contribution is -1.97. The summed E-state index contributed by atoms with van der Waals surface area (Å²) in [7, 11) is 0. The number of hydrogen-bond donors (Lipinski definition) is 1. The summed E-state index contributed by atoms with van der Waals surface area (Å²) in [6.45, 7) is 0.214. The number of rotatable bonds is 2. The maximum absolute atomic E-state index is 5.68. The average Bonchev–Trinajstić information content (AvgIpc) is 2.03. The molecule has 0 saturated heterocycles. The van der Waals surface area contributed by atoms with E-state index in [1.807, 2.05) is 0 Å². The van der Waals surface area contributed by atoms with Gasteiger partial charge >= 0.3 is 0 Å². The van der Waals surface area contributed by atoms with Crippen molar-refractivity contribution in [2.45, 2.75) is 0 Å². The van der Waals surface area contributed by atoms with Crippen molar-refractivity contribution >= 4 is 17.3 Å². The summed E-state index contributed by atoms with van der Waals surface area (Å²) in [6.07, 6.45) is 5.01. The highest BCUT2D eigenvalue weighted by Gasteiger charge is 1.98. The van der Waals surface area contributed by atoms with E-state index in [0.29, 0.717) is 16.5 Å².